The molecule has 0 spiro atoms. The zero-order valence-corrected chi connectivity index (χ0v) is 15.4. The molecule has 4 rings (SSSR count). The Bertz CT molecular complexity index is 1050. The minimum absolute atomic E-state index is 0.0327. The minimum Gasteiger partial charge on any atom is -0.481 e. The molecule has 3 aromatic heterocycles. The van der Waals surface area contributed by atoms with E-state index in [0.29, 0.717) is 39.6 Å². The fourth-order valence-electron chi connectivity index (χ4n) is 3.19. The molecular formula is C18H18N4O3S. The molecule has 0 atom stereocenters. The van der Waals surface area contributed by atoms with Crippen molar-refractivity contribution < 1.29 is 9.53 Å². The maximum Gasteiger partial charge on any atom is 0.262 e. The van der Waals surface area contributed by atoms with Crippen LogP contribution in [0, 0.1) is 6.92 Å². The standard InChI is InChI=1S/C18H18N4O3S/c1-10-14-17(21-12-4-3-7-22(12)18(14)24)26-15(10)16(23)20-9-11-5-6-13(25-2)19-8-11/h5-6,8H,3-4,7,9H2,1-2H3,(H,20,23). The van der Waals surface area contributed by atoms with Crippen molar-refractivity contribution in [3.8, 4) is 5.88 Å². The third-order valence-corrected chi connectivity index (χ3v) is 5.76. The van der Waals surface area contributed by atoms with Crippen LogP contribution < -0.4 is 15.6 Å². The van der Waals surface area contributed by atoms with Gasteiger partial charge in [0, 0.05) is 31.8 Å². The fourth-order valence-corrected chi connectivity index (χ4v) is 4.30. The Morgan fingerprint density at radius 1 is 1.42 bits per heavy atom. The van der Waals surface area contributed by atoms with Gasteiger partial charge in [0.2, 0.25) is 5.88 Å². The number of thiophene rings is 1. The van der Waals surface area contributed by atoms with Gasteiger partial charge in [0.25, 0.3) is 11.5 Å². The van der Waals surface area contributed by atoms with Gasteiger partial charge in [-0.05, 0) is 24.5 Å². The van der Waals surface area contributed by atoms with Crippen LogP contribution in [-0.2, 0) is 19.5 Å². The first kappa shape index (κ1) is 16.7. The Labute approximate surface area is 153 Å². The fraction of sp³-hybridized carbons (Fsp3) is 0.333. The number of aryl methyl sites for hydroxylation is 2. The second-order valence-electron chi connectivity index (χ2n) is 6.22. The third-order valence-electron chi connectivity index (χ3n) is 4.58. The molecule has 0 unspecified atom stereocenters. The summed E-state index contributed by atoms with van der Waals surface area (Å²) >= 11 is 1.28. The summed E-state index contributed by atoms with van der Waals surface area (Å²) in [5.74, 6) is 1.14. The van der Waals surface area contributed by atoms with Gasteiger partial charge in [-0.1, -0.05) is 6.07 Å². The quantitative estimate of drug-likeness (QED) is 0.760. The van der Waals surface area contributed by atoms with Crippen LogP contribution in [0.4, 0.5) is 0 Å². The summed E-state index contributed by atoms with van der Waals surface area (Å²) in [5, 5.41) is 3.45. The summed E-state index contributed by atoms with van der Waals surface area (Å²) in [6.07, 6.45) is 3.42. The van der Waals surface area contributed by atoms with Gasteiger partial charge in [0.1, 0.15) is 10.7 Å². The molecule has 0 radical (unpaired) electrons. The predicted octanol–water partition coefficient (Wildman–Crippen LogP) is 2.05. The zero-order valence-electron chi connectivity index (χ0n) is 14.5. The van der Waals surface area contributed by atoms with Gasteiger partial charge in [0.15, 0.2) is 0 Å². The average Bonchev–Trinajstić information content (AvgIpc) is 3.25. The van der Waals surface area contributed by atoms with Crippen molar-refractivity contribution in [1.82, 2.24) is 19.9 Å². The lowest BCUT2D eigenvalue weighted by molar-refractivity contribution is 0.0954. The maximum atomic E-state index is 12.7. The van der Waals surface area contributed by atoms with E-state index in [1.807, 2.05) is 13.0 Å². The maximum absolute atomic E-state index is 12.7. The number of hydrogen-bond acceptors (Lipinski definition) is 6. The van der Waals surface area contributed by atoms with Crippen LogP contribution in [0.15, 0.2) is 23.1 Å². The number of nitrogens with zero attached hydrogens (tertiary/aromatic N) is 3. The van der Waals surface area contributed by atoms with Crippen LogP contribution in [0.1, 0.15) is 33.0 Å². The topological polar surface area (TPSA) is 86.1 Å². The Morgan fingerprint density at radius 2 is 2.27 bits per heavy atom. The highest BCUT2D eigenvalue weighted by molar-refractivity contribution is 7.20. The van der Waals surface area contributed by atoms with Crippen LogP contribution in [0.3, 0.4) is 0 Å². The van der Waals surface area contributed by atoms with E-state index >= 15 is 0 Å². The molecule has 134 valence electrons. The van der Waals surface area contributed by atoms with Crippen molar-refractivity contribution in [2.45, 2.75) is 32.9 Å². The molecule has 0 saturated carbocycles. The summed E-state index contributed by atoms with van der Waals surface area (Å²) in [5.41, 5.74) is 1.54. The zero-order chi connectivity index (χ0) is 18.3. The molecule has 3 aromatic rings. The molecule has 1 amide bonds. The largest absolute Gasteiger partial charge is 0.481 e. The van der Waals surface area contributed by atoms with Crippen molar-refractivity contribution in [1.29, 1.82) is 0 Å². The molecule has 26 heavy (non-hydrogen) atoms. The molecule has 0 aromatic carbocycles. The molecule has 1 aliphatic rings. The molecule has 1 aliphatic heterocycles. The monoisotopic (exact) mass is 370 g/mol. The molecule has 4 heterocycles. The summed E-state index contributed by atoms with van der Waals surface area (Å²) in [6.45, 7) is 2.87. The average molecular weight is 370 g/mol. The molecule has 0 bridgehead atoms. The molecule has 0 fully saturated rings. The Kier molecular flexibility index (Phi) is 4.20. The van der Waals surface area contributed by atoms with Crippen LogP contribution in [-0.4, -0.2) is 27.6 Å². The predicted molar refractivity (Wildman–Crippen MR) is 98.9 cm³/mol. The highest BCUT2D eigenvalue weighted by Gasteiger charge is 2.23. The smallest absolute Gasteiger partial charge is 0.262 e. The second kappa shape index (κ2) is 6.53. The number of rotatable bonds is 4. The number of aromatic nitrogens is 3. The first-order chi connectivity index (χ1) is 12.6. The molecule has 7 nitrogen and oxygen atoms in total. The van der Waals surface area contributed by atoms with Gasteiger partial charge in [0.05, 0.1) is 17.4 Å². The number of carbonyl (C=O) groups excluding carboxylic acids is 1. The van der Waals surface area contributed by atoms with E-state index in [0.717, 1.165) is 24.2 Å². The van der Waals surface area contributed by atoms with Crippen LogP contribution in [0.25, 0.3) is 10.2 Å². The van der Waals surface area contributed by atoms with Crippen LogP contribution >= 0.6 is 11.3 Å². The van der Waals surface area contributed by atoms with E-state index in [1.165, 1.54) is 11.3 Å². The van der Waals surface area contributed by atoms with E-state index in [-0.39, 0.29) is 11.5 Å². The number of amides is 1. The van der Waals surface area contributed by atoms with Crippen LogP contribution in [0.5, 0.6) is 5.88 Å². The van der Waals surface area contributed by atoms with Crippen molar-refractivity contribution in [2.24, 2.45) is 0 Å². The van der Waals surface area contributed by atoms with Crippen LogP contribution in [0.2, 0.25) is 0 Å². The van der Waals surface area contributed by atoms with Crippen molar-refractivity contribution in [2.75, 3.05) is 7.11 Å². The minimum atomic E-state index is -0.203. The number of carbonyl (C=O) groups is 1. The van der Waals surface area contributed by atoms with Gasteiger partial charge in [-0.3, -0.25) is 14.2 Å². The van der Waals surface area contributed by atoms with E-state index < -0.39 is 0 Å². The molecular weight excluding hydrogens is 352 g/mol. The summed E-state index contributed by atoms with van der Waals surface area (Å²) in [4.78, 5) is 35.2. The summed E-state index contributed by atoms with van der Waals surface area (Å²) in [7, 11) is 1.56. The highest BCUT2D eigenvalue weighted by Crippen LogP contribution is 2.28. The first-order valence-corrected chi connectivity index (χ1v) is 9.20. The SMILES string of the molecule is COc1ccc(CNC(=O)c2sc3nc4n(c(=O)c3c2C)CCC4)cn1. The Hall–Kier alpha value is -2.74. The number of ether oxygens (including phenoxy) is 1. The third kappa shape index (κ3) is 2.76. The molecule has 1 N–H and O–H groups in total. The number of fused-ring (bicyclic) bond motifs is 2. The van der Waals surface area contributed by atoms with E-state index in [1.54, 1.807) is 23.9 Å². The van der Waals surface area contributed by atoms with Gasteiger partial charge in [-0.15, -0.1) is 11.3 Å². The van der Waals surface area contributed by atoms with Gasteiger partial charge < -0.3 is 10.1 Å². The lowest BCUT2D eigenvalue weighted by Crippen LogP contribution is -2.23. The highest BCUT2D eigenvalue weighted by atomic mass is 32.1. The van der Waals surface area contributed by atoms with E-state index in [9.17, 15) is 9.59 Å². The Balaban J connectivity index is 1.60. The normalized spacial score (nSPS) is 13.0. The van der Waals surface area contributed by atoms with Crippen molar-refractivity contribution >= 4 is 27.5 Å². The Morgan fingerprint density at radius 3 is 3.00 bits per heavy atom. The first-order valence-electron chi connectivity index (χ1n) is 8.38. The van der Waals surface area contributed by atoms with Crippen molar-refractivity contribution in [3.63, 3.8) is 0 Å². The lowest BCUT2D eigenvalue weighted by atomic mass is 10.2. The number of pyridine rings is 1. The number of methoxy groups -OCH3 is 1. The summed E-state index contributed by atoms with van der Waals surface area (Å²) < 4.78 is 6.75. The van der Waals surface area contributed by atoms with Gasteiger partial charge in [-0.2, -0.15) is 0 Å². The second-order valence-corrected chi connectivity index (χ2v) is 7.22. The lowest BCUT2D eigenvalue weighted by Gasteiger charge is -2.05. The summed E-state index contributed by atoms with van der Waals surface area (Å²) in [6, 6.07) is 3.60. The van der Waals surface area contributed by atoms with Crippen molar-refractivity contribution in [3.05, 3.63) is 50.5 Å². The molecule has 0 aliphatic carbocycles. The van der Waals surface area contributed by atoms with Gasteiger partial charge >= 0.3 is 0 Å². The number of nitrogens with one attached hydrogen (secondary N) is 1. The van der Waals surface area contributed by atoms with E-state index in [2.05, 4.69) is 15.3 Å². The van der Waals surface area contributed by atoms with Gasteiger partial charge in [-0.25, -0.2) is 9.97 Å². The molecule has 0 saturated heterocycles. The van der Waals surface area contributed by atoms with E-state index in [4.69, 9.17) is 4.74 Å². The molecule has 8 heteroatoms. The number of hydrogen-bond donors (Lipinski definition) is 1.